The highest BCUT2D eigenvalue weighted by atomic mass is 32.2. The zero-order chi connectivity index (χ0) is 18.2. The van der Waals surface area contributed by atoms with Crippen molar-refractivity contribution in [1.29, 1.82) is 0 Å². The van der Waals surface area contributed by atoms with E-state index >= 15 is 0 Å². The fraction of sp³-hybridized carbons (Fsp3) is 0.500. The first-order valence-electron chi connectivity index (χ1n) is 8.62. The van der Waals surface area contributed by atoms with Gasteiger partial charge in [-0.3, -0.25) is 0 Å². The number of nitrogens with two attached hydrogens (primary N) is 1. The Morgan fingerprint density at radius 1 is 1.32 bits per heavy atom. The molecule has 1 aromatic heterocycles. The van der Waals surface area contributed by atoms with Gasteiger partial charge in [0.2, 0.25) is 10.0 Å². The second-order valence-electron chi connectivity index (χ2n) is 6.76. The normalized spacial score (nSPS) is 21.8. The number of rotatable bonds is 5. The summed E-state index contributed by atoms with van der Waals surface area (Å²) in [6.07, 6.45) is 3.56. The maximum atomic E-state index is 13.2. The number of aromatic nitrogens is 1. The van der Waals surface area contributed by atoms with Gasteiger partial charge in [0.05, 0.1) is 11.1 Å². The zero-order valence-electron chi connectivity index (χ0n) is 14.9. The van der Waals surface area contributed by atoms with Crippen molar-refractivity contribution >= 4 is 10.0 Å². The van der Waals surface area contributed by atoms with Gasteiger partial charge in [0.25, 0.3) is 0 Å². The number of oxazole rings is 1. The first-order valence-corrected chi connectivity index (χ1v) is 10.1. The molecule has 0 spiro atoms. The third-order valence-electron chi connectivity index (χ3n) is 4.83. The van der Waals surface area contributed by atoms with Crippen molar-refractivity contribution in [1.82, 2.24) is 9.29 Å². The van der Waals surface area contributed by atoms with Crippen LogP contribution < -0.4 is 5.73 Å². The van der Waals surface area contributed by atoms with Crippen LogP contribution in [-0.4, -0.2) is 36.8 Å². The van der Waals surface area contributed by atoms with Crippen LogP contribution in [0, 0.1) is 19.8 Å². The van der Waals surface area contributed by atoms with Gasteiger partial charge in [-0.05, 0) is 30.9 Å². The fourth-order valence-electron chi connectivity index (χ4n) is 3.39. The van der Waals surface area contributed by atoms with Gasteiger partial charge in [-0.15, -0.1) is 0 Å². The monoisotopic (exact) mass is 363 g/mol. The van der Waals surface area contributed by atoms with Gasteiger partial charge >= 0.3 is 0 Å². The molecule has 0 radical (unpaired) electrons. The number of aryl methyl sites for hydroxylation is 2. The fourth-order valence-corrected chi connectivity index (χ4v) is 5.18. The molecule has 1 aliphatic heterocycles. The van der Waals surface area contributed by atoms with Gasteiger partial charge in [0.1, 0.15) is 0 Å². The molecule has 25 heavy (non-hydrogen) atoms. The average molecular weight is 363 g/mol. The lowest BCUT2D eigenvalue weighted by Crippen LogP contribution is -2.32. The summed E-state index contributed by atoms with van der Waals surface area (Å²) in [7, 11) is -3.59. The summed E-state index contributed by atoms with van der Waals surface area (Å²) in [5.74, 6) is 1.34. The first-order chi connectivity index (χ1) is 11.8. The third kappa shape index (κ3) is 3.49. The Hall–Kier alpha value is -1.70. The second kappa shape index (κ2) is 6.90. The van der Waals surface area contributed by atoms with Crippen molar-refractivity contribution in [3.63, 3.8) is 0 Å². The highest BCUT2D eigenvalue weighted by Gasteiger charge is 2.37. The summed E-state index contributed by atoms with van der Waals surface area (Å²) < 4.78 is 33.4. The summed E-state index contributed by atoms with van der Waals surface area (Å²) in [4.78, 5) is 4.39. The molecule has 136 valence electrons. The molecule has 7 heteroatoms. The molecule has 2 N–H and O–H groups in total. The number of nitrogens with zero attached hydrogens (tertiary/aromatic N) is 2. The molecule has 2 atom stereocenters. The lowest BCUT2D eigenvalue weighted by atomic mass is 9.99. The SMILES string of the molecule is CCCC1CN(S(=O)(=O)c2cc(-c3cnc(C)o3)ccc2C)CC1N. The van der Waals surface area contributed by atoms with Gasteiger partial charge in [-0.1, -0.05) is 25.5 Å². The summed E-state index contributed by atoms with van der Waals surface area (Å²) in [6, 6.07) is 5.22. The van der Waals surface area contributed by atoms with E-state index in [4.69, 9.17) is 10.2 Å². The van der Waals surface area contributed by atoms with E-state index in [1.54, 1.807) is 25.3 Å². The van der Waals surface area contributed by atoms with Gasteiger partial charge in [0.15, 0.2) is 11.7 Å². The molecular formula is C18H25N3O3S. The average Bonchev–Trinajstić information content (AvgIpc) is 3.15. The first kappa shape index (κ1) is 18.1. The number of benzene rings is 1. The van der Waals surface area contributed by atoms with Crippen molar-refractivity contribution in [3.8, 4) is 11.3 Å². The number of sulfonamides is 1. The van der Waals surface area contributed by atoms with Crippen LogP contribution in [0.15, 0.2) is 33.7 Å². The van der Waals surface area contributed by atoms with Crippen LogP contribution in [0.25, 0.3) is 11.3 Å². The van der Waals surface area contributed by atoms with E-state index in [2.05, 4.69) is 11.9 Å². The van der Waals surface area contributed by atoms with Gasteiger partial charge < -0.3 is 10.2 Å². The van der Waals surface area contributed by atoms with Crippen molar-refractivity contribution in [3.05, 3.63) is 35.9 Å². The molecule has 0 aliphatic carbocycles. The van der Waals surface area contributed by atoms with Crippen LogP contribution in [0.1, 0.15) is 31.2 Å². The Morgan fingerprint density at radius 2 is 2.08 bits per heavy atom. The summed E-state index contributed by atoms with van der Waals surface area (Å²) in [5.41, 5.74) is 7.58. The summed E-state index contributed by atoms with van der Waals surface area (Å²) >= 11 is 0. The molecular weight excluding hydrogens is 338 g/mol. The Balaban J connectivity index is 1.95. The topological polar surface area (TPSA) is 89.4 Å². The van der Waals surface area contributed by atoms with E-state index in [-0.39, 0.29) is 12.0 Å². The maximum Gasteiger partial charge on any atom is 0.243 e. The third-order valence-corrected chi connectivity index (χ3v) is 6.80. The van der Waals surface area contributed by atoms with Crippen LogP contribution in [0.5, 0.6) is 0 Å². The van der Waals surface area contributed by atoms with Crippen LogP contribution in [0.4, 0.5) is 0 Å². The number of hydrogen-bond donors (Lipinski definition) is 1. The van der Waals surface area contributed by atoms with Crippen molar-refractivity contribution in [2.75, 3.05) is 13.1 Å². The van der Waals surface area contributed by atoms with Crippen molar-refractivity contribution in [2.24, 2.45) is 11.7 Å². The van der Waals surface area contributed by atoms with E-state index in [1.165, 1.54) is 4.31 Å². The van der Waals surface area contributed by atoms with E-state index < -0.39 is 10.0 Å². The molecule has 1 fully saturated rings. The Kier molecular flexibility index (Phi) is 4.99. The standard InChI is InChI=1S/C18H25N3O3S/c1-4-5-15-10-21(11-16(15)19)25(22,23)18-8-14(7-6-12(18)2)17-9-20-13(3)24-17/h6-9,15-16H,4-5,10-11,19H2,1-3H3. The minimum absolute atomic E-state index is 0.102. The highest BCUT2D eigenvalue weighted by molar-refractivity contribution is 7.89. The summed E-state index contributed by atoms with van der Waals surface area (Å²) in [5, 5.41) is 0. The zero-order valence-corrected chi connectivity index (χ0v) is 15.7. The van der Waals surface area contributed by atoms with Crippen LogP contribution in [0.3, 0.4) is 0 Å². The smallest absolute Gasteiger partial charge is 0.243 e. The molecule has 2 aromatic rings. The Morgan fingerprint density at radius 3 is 2.72 bits per heavy atom. The lowest BCUT2D eigenvalue weighted by molar-refractivity contribution is 0.439. The van der Waals surface area contributed by atoms with Crippen LogP contribution in [-0.2, 0) is 10.0 Å². The quantitative estimate of drug-likeness (QED) is 0.882. The van der Waals surface area contributed by atoms with Gasteiger partial charge in [-0.25, -0.2) is 13.4 Å². The maximum absolute atomic E-state index is 13.2. The minimum Gasteiger partial charge on any atom is -0.441 e. The van der Waals surface area contributed by atoms with Crippen LogP contribution in [0.2, 0.25) is 0 Å². The van der Waals surface area contributed by atoms with Gasteiger partial charge in [-0.2, -0.15) is 4.31 Å². The van der Waals surface area contributed by atoms with E-state index in [0.717, 1.165) is 12.8 Å². The minimum atomic E-state index is -3.59. The highest BCUT2D eigenvalue weighted by Crippen LogP contribution is 2.31. The second-order valence-corrected chi connectivity index (χ2v) is 8.66. The molecule has 1 saturated heterocycles. The van der Waals surface area contributed by atoms with E-state index in [0.29, 0.717) is 40.8 Å². The van der Waals surface area contributed by atoms with Crippen molar-refractivity contribution < 1.29 is 12.8 Å². The molecule has 1 aromatic carbocycles. The molecule has 6 nitrogen and oxygen atoms in total. The molecule has 2 unspecified atom stereocenters. The Labute approximate surface area is 149 Å². The molecule has 0 bridgehead atoms. The largest absolute Gasteiger partial charge is 0.441 e. The van der Waals surface area contributed by atoms with Crippen molar-refractivity contribution in [2.45, 2.75) is 44.6 Å². The predicted octanol–water partition coefficient (Wildman–Crippen LogP) is 2.71. The van der Waals surface area contributed by atoms with E-state index in [9.17, 15) is 8.42 Å². The summed E-state index contributed by atoms with van der Waals surface area (Å²) in [6.45, 7) is 6.52. The predicted molar refractivity (Wildman–Crippen MR) is 96.5 cm³/mol. The van der Waals surface area contributed by atoms with E-state index in [1.807, 2.05) is 13.0 Å². The Bertz CT molecular complexity index is 860. The van der Waals surface area contributed by atoms with Gasteiger partial charge in [0, 0.05) is 31.6 Å². The molecule has 0 amide bonds. The van der Waals surface area contributed by atoms with Crippen LogP contribution >= 0.6 is 0 Å². The number of hydrogen-bond acceptors (Lipinski definition) is 5. The molecule has 2 heterocycles. The molecule has 1 aliphatic rings. The molecule has 0 saturated carbocycles. The molecule has 3 rings (SSSR count). The lowest BCUT2D eigenvalue weighted by Gasteiger charge is -2.18.